The van der Waals surface area contributed by atoms with Crippen molar-refractivity contribution < 1.29 is 0 Å². The first kappa shape index (κ1) is 15.4. The third kappa shape index (κ3) is 2.65. The van der Waals surface area contributed by atoms with E-state index in [0.717, 1.165) is 40.9 Å². The van der Waals surface area contributed by atoms with Gasteiger partial charge in [-0.15, -0.1) is 0 Å². The van der Waals surface area contributed by atoms with Gasteiger partial charge in [-0.3, -0.25) is 0 Å². The molecule has 4 N–H and O–H groups in total. The third-order valence-electron chi connectivity index (χ3n) is 4.67. The number of nitrogen functional groups attached to an aromatic ring is 1. The van der Waals surface area contributed by atoms with Crippen LogP contribution in [-0.4, -0.2) is 20.8 Å². The first-order valence-electron chi connectivity index (χ1n) is 8.24. The molecule has 25 heavy (non-hydrogen) atoms. The van der Waals surface area contributed by atoms with E-state index in [0.29, 0.717) is 17.8 Å². The highest BCUT2D eigenvalue weighted by atomic mass is 15.3. The molecule has 0 spiro atoms. The molecular formula is C19H18N6. The monoisotopic (exact) mass is 330 g/mol. The smallest absolute Gasteiger partial charge is 0.142 e. The highest BCUT2D eigenvalue weighted by molar-refractivity contribution is 5.79. The van der Waals surface area contributed by atoms with E-state index in [1.807, 2.05) is 36.5 Å². The summed E-state index contributed by atoms with van der Waals surface area (Å²) in [6.45, 7) is 0. The van der Waals surface area contributed by atoms with Crippen molar-refractivity contribution >= 4 is 5.82 Å². The van der Waals surface area contributed by atoms with Crippen LogP contribution >= 0.6 is 0 Å². The van der Waals surface area contributed by atoms with Gasteiger partial charge in [0.1, 0.15) is 17.5 Å². The molecule has 1 aromatic carbocycles. The van der Waals surface area contributed by atoms with E-state index >= 15 is 0 Å². The van der Waals surface area contributed by atoms with Crippen LogP contribution in [0.1, 0.15) is 23.2 Å². The summed E-state index contributed by atoms with van der Waals surface area (Å²) in [5.41, 5.74) is 17.4. The predicted molar refractivity (Wildman–Crippen MR) is 95.9 cm³/mol. The fourth-order valence-electron chi connectivity index (χ4n) is 3.44. The number of aryl methyl sites for hydroxylation is 1. The number of rotatable bonds is 2. The second kappa shape index (κ2) is 6.04. The largest absolute Gasteiger partial charge is 0.383 e. The van der Waals surface area contributed by atoms with Crippen LogP contribution in [0.4, 0.5) is 5.82 Å². The maximum Gasteiger partial charge on any atom is 0.142 e. The lowest BCUT2D eigenvalue weighted by Gasteiger charge is -2.25. The topological polar surface area (TPSA) is 107 Å². The Labute approximate surface area is 145 Å². The van der Waals surface area contributed by atoms with E-state index in [9.17, 15) is 5.26 Å². The SMILES string of the molecule is N#Cc1c(N)nc2c(c1-c1ccc(-n3cccn3)cc1)CC(N)CC2. The first-order valence-corrected chi connectivity index (χ1v) is 8.24. The van der Waals surface area contributed by atoms with Gasteiger partial charge < -0.3 is 11.5 Å². The van der Waals surface area contributed by atoms with Crippen LogP contribution in [0, 0.1) is 11.3 Å². The van der Waals surface area contributed by atoms with Crippen molar-refractivity contribution in [1.29, 1.82) is 5.26 Å². The lowest BCUT2D eigenvalue weighted by Crippen LogP contribution is -2.29. The zero-order valence-corrected chi connectivity index (χ0v) is 13.7. The van der Waals surface area contributed by atoms with E-state index in [4.69, 9.17) is 11.5 Å². The van der Waals surface area contributed by atoms with Crippen LogP contribution in [-0.2, 0) is 12.8 Å². The maximum atomic E-state index is 9.62. The Morgan fingerprint density at radius 1 is 1.24 bits per heavy atom. The van der Waals surface area contributed by atoms with E-state index < -0.39 is 0 Å². The Balaban J connectivity index is 1.87. The van der Waals surface area contributed by atoms with Crippen molar-refractivity contribution in [3.05, 3.63) is 59.5 Å². The lowest BCUT2D eigenvalue weighted by atomic mass is 9.84. The summed E-state index contributed by atoms with van der Waals surface area (Å²) >= 11 is 0. The third-order valence-corrected chi connectivity index (χ3v) is 4.67. The van der Waals surface area contributed by atoms with E-state index in [1.54, 1.807) is 10.9 Å². The van der Waals surface area contributed by atoms with Gasteiger partial charge in [-0.05, 0) is 48.6 Å². The van der Waals surface area contributed by atoms with Gasteiger partial charge in [0.25, 0.3) is 0 Å². The number of pyridine rings is 1. The van der Waals surface area contributed by atoms with Crippen LogP contribution in [0.25, 0.3) is 16.8 Å². The second-order valence-electron chi connectivity index (χ2n) is 6.28. The number of benzene rings is 1. The molecule has 0 aliphatic heterocycles. The molecule has 1 atom stereocenters. The Morgan fingerprint density at radius 3 is 2.72 bits per heavy atom. The molecule has 0 radical (unpaired) electrons. The summed E-state index contributed by atoms with van der Waals surface area (Å²) in [7, 11) is 0. The lowest BCUT2D eigenvalue weighted by molar-refractivity contribution is 0.568. The summed E-state index contributed by atoms with van der Waals surface area (Å²) < 4.78 is 1.79. The zero-order valence-electron chi connectivity index (χ0n) is 13.7. The molecular weight excluding hydrogens is 312 g/mol. The Bertz CT molecular complexity index is 951. The number of fused-ring (bicyclic) bond motifs is 1. The highest BCUT2D eigenvalue weighted by Crippen LogP contribution is 2.35. The Kier molecular flexibility index (Phi) is 3.71. The van der Waals surface area contributed by atoms with Crippen molar-refractivity contribution in [2.75, 3.05) is 5.73 Å². The number of nitrogens with two attached hydrogens (primary N) is 2. The molecule has 0 saturated carbocycles. The van der Waals surface area contributed by atoms with Gasteiger partial charge in [-0.25, -0.2) is 9.67 Å². The fourth-order valence-corrected chi connectivity index (χ4v) is 3.44. The van der Waals surface area contributed by atoms with E-state index in [1.165, 1.54) is 0 Å². The number of hydrogen-bond donors (Lipinski definition) is 2. The van der Waals surface area contributed by atoms with Gasteiger partial charge in [-0.1, -0.05) is 12.1 Å². The summed E-state index contributed by atoms with van der Waals surface area (Å²) in [4.78, 5) is 4.45. The van der Waals surface area contributed by atoms with Gasteiger partial charge >= 0.3 is 0 Å². The molecule has 0 amide bonds. The normalized spacial score (nSPS) is 16.2. The average molecular weight is 330 g/mol. The fraction of sp³-hybridized carbons (Fsp3) is 0.211. The van der Waals surface area contributed by atoms with Gasteiger partial charge in [0.15, 0.2) is 0 Å². The summed E-state index contributed by atoms with van der Waals surface area (Å²) in [5.74, 6) is 0.294. The zero-order chi connectivity index (χ0) is 17.4. The molecule has 1 aliphatic carbocycles. The van der Waals surface area contributed by atoms with Crippen LogP contribution in [0.15, 0.2) is 42.7 Å². The van der Waals surface area contributed by atoms with Crippen LogP contribution in [0.5, 0.6) is 0 Å². The van der Waals surface area contributed by atoms with Crippen molar-refractivity contribution in [3.63, 3.8) is 0 Å². The summed E-state index contributed by atoms with van der Waals surface area (Å²) in [6, 6.07) is 12.1. The maximum absolute atomic E-state index is 9.62. The Hall–Kier alpha value is -3.17. The molecule has 3 aromatic rings. The van der Waals surface area contributed by atoms with Crippen LogP contribution in [0.3, 0.4) is 0 Å². The predicted octanol–water partition coefficient (Wildman–Crippen LogP) is 2.20. The highest BCUT2D eigenvalue weighted by Gasteiger charge is 2.24. The first-order chi connectivity index (χ1) is 12.2. The van der Waals surface area contributed by atoms with Gasteiger partial charge in [-0.2, -0.15) is 10.4 Å². The number of nitriles is 1. The molecule has 0 bridgehead atoms. The summed E-state index contributed by atoms with van der Waals surface area (Å²) in [6.07, 6.45) is 6.03. The molecule has 1 unspecified atom stereocenters. The Morgan fingerprint density at radius 2 is 2.04 bits per heavy atom. The number of nitrogens with zero attached hydrogens (tertiary/aromatic N) is 4. The molecule has 2 aromatic heterocycles. The quantitative estimate of drug-likeness (QED) is 0.749. The van der Waals surface area contributed by atoms with Crippen molar-refractivity contribution in [3.8, 4) is 22.9 Å². The van der Waals surface area contributed by atoms with Gasteiger partial charge in [0.2, 0.25) is 0 Å². The molecule has 4 rings (SSSR count). The van der Waals surface area contributed by atoms with Gasteiger partial charge in [0.05, 0.1) is 5.69 Å². The number of anilines is 1. The summed E-state index contributed by atoms with van der Waals surface area (Å²) in [5, 5.41) is 13.9. The molecule has 6 heteroatoms. The standard InChI is InChI=1S/C19H18N6/c20-11-16-18(15-10-13(21)4-7-17(15)24-19(16)22)12-2-5-14(6-3-12)25-9-1-8-23-25/h1-3,5-6,8-9,13H,4,7,10,21H2,(H2,22,24). The number of aromatic nitrogens is 3. The minimum Gasteiger partial charge on any atom is -0.383 e. The molecule has 0 fully saturated rings. The van der Waals surface area contributed by atoms with Crippen LogP contribution < -0.4 is 11.5 Å². The molecule has 2 heterocycles. The van der Waals surface area contributed by atoms with Crippen molar-refractivity contribution in [2.45, 2.75) is 25.3 Å². The van der Waals surface area contributed by atoms with Gasteiger partial charge in [0, 0.05) is 29.7 Å². The molecule has 124 valence electrons. The molecule has 6 nitrogen and oxygen atoms in total. The second-order valence-corrected chi connectivity index (χ2v) is 6.28. The van der Waals surface area contributed by atoms with E-state index in [-0.39, 0.29) is 6.04 Å². The number of hydrogen-bond acceptors (Lipinski definition) is 5. The van der Waals surface area contributed by atoms with Crippen LogP contribution in [0.2, 0.25) is 0 Å². The van der Waals surface area contributed by atoms with Crippen molar-refractivity contribution in [1.82, 2.24) is 14.8 Å². The molecule has 1 aliphatic rings. The van der Waals surface area contributed by atoms with Crippen molar-refractivity contribution in [2.24, 2.45) is 5.73 Å². The average Bonchev–Trinajstić information content (AvgIpc) is 3.16. The minimum atomic E-state index is 0.0894. The minimum absolute atomic E-state index is 0.0894. The molecule has 0 saturated heterocycles. The van der Waals surface area contributed by atoms with E-state index in [2.05, 4.69) is 16.2 Å².